The Labute approximate surface area is 128 Å². The van der Waals surface area contributed by atoms with E-state index in [0.717, 1.165) is 12.1 Å². The van der Waals surface area contributed by atoms with Crippen molar-refractivity contribution in [1.29, 1.82) is 0 Å². The van der Waals surface area contributed by atoms with Gasteiger partial charge in [-0.15, -0.1) is 0 Å². The number of halogens is 2. The van der Waals surface area contributed by atoms with Gasteiger partial charge in [0, 0.05) is 19.5 Å². The third kappa shape index (κ3) is 3.85. The van der Waals surface area contributed by atoms with E-state index in [0.29, 0.717) is 29.6 Å². The zero-order valence-corrected chi connectivity index (χ0v) is 12.8. The number of carbonyl (C=O) groups is 1. The molecular weight excluding hydrogens is 299 g/mol. The molecule has 2 atom stereocenters. The maximum Gasteiger partial charge on any atom is 0.220 e. The second-order valence-electron chi connectivity index (χ2n) is 4.70. The number of ether oxygens (including phenoxy) is 1. The van der Waals surface area contributed by atoms with Crippen LogP contribution in [0.15, 0.2) is 18.2 Å². The number of nitrogens with one attached hydrogen (secondary N) is 2. The molecule has 0 saturated carbocycles. The molecule has 1 amide bonds. The smallest absolute Gasteiger partial charge is 0.220 e. The summed E-state index contributed by atoms with van der Waals surface area (Å²) in [5, 5.41) is 7.24. The van der Waals surface area contributed by atoms with Crippen molar-refractivity contribution < 1.29 is 9.53 Å². The molecule has 0 spiro atoms. The minimum absolute atomic E-state index is 0.00682. The van der Waals surface area contributed by atoms with E-state index in [1.54, 1.807) is 12.1 Å². The van der Waals surface area contributed by atoms with Crippen LogP contribution in [-0.2, 0) is 9.53 Å². The van der Waals surface area contributed by atoms with Crippen molar-refractivity contribution in [2.24, 2.45) is 0 Å². The molecule has 1 saturated heterocycles. The minimum Gasteiger partial charge on any atom is -0.370 e. The summed E-state index contributed by atoms with van der Waals surface area (Å²) in [5.41, 5.74) is 0.921. The summed E-state index contributed by atoms with van der Waals surface area (Å²) in [6.07, 6.45) is 0.222. The molecular formula is C14H18Cl2N2O2. The van der Waals surface area contributed by atoms with Gasteiger partial charge in [-0.2, -0.15) is 0 Å². The number of carbonyl (C=O) groups excluding carboxylic acids is 1. The number of hydrogen-bond donors (Lipinski definition) is 2. The Hall–Kier alpha value is -0.810. The highest BCUT2D eigenvalue weighted by Gasteiger charge is 2.27. The maximum absolute atomic E-state index is 11.6. The zero-order chi connectivity index (χ0) is 14.5. The van der Waals surface area contributed by atoms with E-state index in [1.807, 2.05) is 13.0 Å². The van der Waals surface area contributed by atoms with Gasteiger partial charge in [-0.25, -0.2) is 0 Å². The predicted molar refractivity (Wildman–Crippen MR) is 80.2 cm³/mol. The van der Waals surface area contributed by atoms with Gasteiger partial charge < -0.3 is 15.4 Å². The summed E-state index contributed by atoms with van der Waals surface area (Å²) >= 11 is 12.0. The van der Waals surface area contributed by atoms with Gasteiger partial charge in [0.1, 0.15) is 6.10 Å². The number of hydrogen-bond acceptors (Lipinski definition) is 3. The topological polar surface area (TPSA) is 50.4 Å². The Balaban J connectivity index is 2.22. The Morgan fingerprint density at radius 3 is 2.95 bits per heavy atom. The minimum atomic E-state index is -0.227. The third-order valence-electron chi connectivity index (χ3n) is 3.25. The van der Waals surface area contributed by atoms with Gasteiger partial charge in [0.05, 0.1) is 22.7 Å². The van der Waals surface area contributed by atoms with Crippen molar-refractivity contribution in [3.05, 3.63) is 33.8 Å². The van der Waals surface area contributed by atoms with Crippen LogP contribution in [0.5, 0.6) is 0 Å². The lowest BCUT2D eigenvalue weighted by Gasteiger charge is -2.26. The summed E-state index contributed by atoms with van der Waals surface area (Å²) in [4.78, 5) is 11.6. The van der Waals surface area contributed by atoms with Crippen LogP contribution in [0.3, 0.4) is 0 Å². The molecule has 2 N–H and O–H groups in total. The molecule has 0 radical (unpaired) electrons. The number of amides is 1. The summed E-state index contributed by atoms with van der Waals surface area (Å²) in [6.45, 7) is 3.84. The molecule has 0 aromatic heterocycles. The first kappa shape index (κ1) is 15.6. The van der Waals surface area contributed by atoms with Gasteiger partial charge in [0.15, 0.2) is 0 Å². The molecule has 6 heteroatoms. The SMILES string of the molecule is CCC(=O)N[C@@H]1CNCCO[C@H]1c1ccc(Cl)c(Cl)c1. The lowest BCUT2D eigenvalue weighted by Crippen LogP contribution is -2.44. The van der Waals surface area contributed by atoms with Crippen LogP contribution in [0.25, 0.3) is 0 Å². The Morgan fingerprint density at radius 2 is 2.25 bits per heavy atom. The molecule has 20 heavy (non-hydrogen) atoms. The van der Waals surface area contributed by atoms with E-state index < -0.39 is 0 Å². The normalized spacial score (nSPS) is 23.1. The molecule has 4 nitrogen and oxygen atoms in total. The molecule has 2 rings (SSSR count). The molecule has 0 bridgehead atoms. The largest absolute Gasteiger partial charge is 0.370 e. The lowest BCUT2D eigenvalue weighted by atomic mass is 10.0. The first-order valence-corrected chi connectivity index (χ1v) is 7.44. The highest BCUT2D eigenvalue weighted by Crippen LogP contribution is 2.29. The van der Waals surface area contributed by atoms with E-state index in [2.05, 4.69) is 10.6 Å². The quantitative estimate of drug-likeness (QED) is 0.901. The van der Waals surface area contributed by atoms with Crippen LogP contribution in [0.2, 0.25) is 10.0 Å². The first-order chi connectivity index (χ1) is 9.61. The highest BCUT2D eigenvalue weighted by molar-refractivity contribution is 6.42. The number of rotatable bonds is 3. The van der Waals surface area contributed by atoms with E-state index >= 15 is 0 Å². The fourth-order valence-corrected chi connectivity index (χ4v) is 2.50. The van der Waals surface area contributed by atoms with E-state index in [9.17, 15) is 4.79 Å². The first-order valence-electron chi connectivity index (χ1n) is 6.68. The van der Waals surface area contributed by atoms with Crippen molar-refractivity contribution >= 4 is 29.1 Å². The Bertz CT molecular complexity index is 482. The fourth-order valence-electron chi connectivity index (χ4n) is 2.19. The van der Waals surface area contributed by atoms with Gasteiger partial charge >= 0.3 is 0 Å². The fraction of sp³-hybridized carbons (Fsp3) is 0.500. The molecule has 110 valence electrons. The average molecular weight is 317 g/mol. The number of benzene rings is 1. The predicted octanol–water partition coefficient (Wildman–Crippen LogP) is 2.55. The van der Waals surface area contributed by atoms with Gasteiger partial charge in [-0.3, -0.25) is 4.79 Å². The molecule has 0 aliphatic carbocycles. The van der Waals surface area contributed by atoms with Crippen LogP contribution in [0, 0.1) is 0 Å². The van der Waals surface area contributed by atoms with Gasteiger partial charge in [-0.05, 0) is 17.7 Å². The van der Waals surface area contributed by atoms with E-state index in [1.165, 1.54) is 0 Å². The summed E-state index contributed by atoms with van der Waals surface area (Å²) in [7, 11) is 0. The van der Waals surface area contributed by atoms with Crippen molar-refractivity contribution in [2.45, 2.75) is 25.5 Å². The summed E-state index contributed by atoms with van der Waals surface area (Å²) < 4.78 is 5.86. The van der Waals surface area contributed by atoms with Crippen molar-refractivity contribution in [3.63, 3.8) is 0 Å². The van der Waals surface area contributed by atoms with Crippen molar-refractivity contribution in [1.82, 2.24) is 10.6 Å². The van der Waals surface area contributed by atoms with E-state index in [4.69, 9.17) is 27.9 Å². The van der Waals surface area contributed by atoms with Crippen molar-refractivity contribution in [2.75, 3.05) is 19.7 Å². The molecule has 1 aromatic carbocycles. The van der Waals surface area contributed by atoms with Crippen LogP contribution >= 0.6 is 23.2 Å². The molecule has 1 aliphatic heterocycles. The van der Waals surface area contributed by atoms with Gasteiger partial charge in [-0.1, -0.05) is 36.2 Å². The monoisotopic (exact) mass is 316 g/mol. The standard InChI is InChI=1S/C14H18Cl2N2O2/c1-2-13(19)18-12-8-17-5-6-20-14(12)9-3-4-10(15)11(16)7-9/h3-4,7,12,14,17H,2,5-6,8H2,1H3,(H,18,19)/t12-,14+/m1/s1. The van der Waals surface area contributed by atoms with Crippen LogP contribution in [-0.4, -0.2) is 31.6 Å². The second-order valence-corrected chi connectivity index (χ2v) is 5.51. The van der Waals surface area contributed by atoms with Crippen LogP contribution in [0.4, 0.5) is 0 Å². The second kappa shape index (κ2) is 7.27. The summed E-state index contributed by atoms with van der Waals surface area (Å²) in [5.74, 6) is 0.00682. The molecule has 1 heterocycles. The molecule has 1 aromatic rings. The van der Waals surface area contributed by atoms with Gasteiger partial charge in [0.2, 0.25) is 5.91 Å². The third-order valence-corrected chi connectivity index (χ3v) is 3.98. The maximum atomic E-state index is 11.6. The highest BCUT2D eigenvalue weighted by atomic mass is 35.5. The van der Waals surface area contributed by atoms with Gasteiger partial charge in [0.25, 0.3) is 0 Å². The molecule has 0 unspecified atom stereocenters. The summed E-state index contributed by atoms with van der Waals surface area (Å²) in [6, 6.07) is 5.31. The Kier molecular flexibility index (Phi) is 5.66. The van der Waals surface area contributed by atoms with Crippen LogP contribution in [0.1, 0.15) is 25.0 Å². The molecule has 1 aliphatic rings. The average Bonchev–Trinajstić information content (AvgIpc) is 2.67. The van der Waals surface area contributed by atoms with Crippen LogP contribution < -0.4 is 10.6 Å². The Morgan fingerprint density at radius 1 is 1.45 bits per heavy atom. The lowest BCUT2D eigenvalue weighted by molar-refractivity contribution is -0.122. The zero-order valence-electron chi connectivity index (χ0n) is 11.3. The molecule has 1 fully saturated rings. The van der Waals surface area contributed by atoms with Crippen molar-refractivity contribution in [3.8, 4) is 0 Å². The van der Waals surface area contributed by atoms with E-state index in [-0.39, 0.29) is 18.1 Å².